The van der Waals surface area contributed by atoms with Gasteiger partial charge in [0.25, 0.3) is 5.09 Å². The molecule has 8 heteroatoms. The average molecular weight is 221 g/mol. The molecule has 0 aromatic carbocycles. The highest BCUT2D eigenvalue weighted by molar-refractivity contribution is 5.42. The van der Waals surface area contributed by atoms with E-state index < -0.39 is 5.09 Å². The topological polar surface area (TPSA) is 150 Å². The lowest BCUT2D eigenvalue weighted by Crippen LogP contribution is -1.82. The zero-order chi connectivity index (χ0) is 13.1. The summed E-state index contributed by atoms with van der Waals surface area (Å²) in [5.74, 6) is 0. The van der Waals surface area contributed by atoms with Crippen LogP contribution in [-0.2, 0) is 9.59 Å². The highest BCUT2D eigenvalue weighted by Gasteiger charge is 1.65. The number of hydrogen-bond acceptors (Lipinski definition) is 4. The molecule has 0 atom stereocenters. The van der Waals surface area contributed by atoms with Gasteiger partial charge in [-0.05, 0) is 6.92 Å². The van der Waals surface area contributed by atoms with Crippen LogP contribution in [0.25, 0.3) is 0 Å². The summed E-state index contributed by atoms with van der Waals surface area (Å²) in [5, 5.41) is 13.6. The summed E-state index contributed by atoms with van der Waals surface area (Å²) in [7, 11) is 0. The van der Waals surface area contributed by atoms with Gasteiger partial charge in [-0.2, -0.15) is 0 Å². The van der Waals surface area contributed by atoms with Crippen molar-refractivity contribution in [1.82, 2.24) is 0 Å². The van der Waals surface area contributed by atoms with E-state index in [-0.39, 0.29) is 12.8 Å². The Morgan fingerprint density at radius 1 is 1.33 bits per heavy atom. The molecule has 2 amide bonds. The van der Waals surface area contributed by atoms with Crippen molar-refractivity contribution in [1.29, 1.82) is 0 Å². The van der Waals surface area contributed by atoms with Gasteiger partial charge in [0.2, 0.25) is 12.8 Å². The number of nitrogens with two attached hydrogens (primary N) is 2. The fourth-order valence-electron chi connectivity index (χ4n) is 0.136. The van der Waals surface area contributed by atoms with Crippen LogP contribution in [0.3, 0.4) is 0 Å². The van der Waals surface area contributed by atoms with E-state index in [1.54, 1.807) is 6.08 Å². The molecule has 0 radical (unpaired) electrons. The third-order valence-corrected chi connectivity index (χ3v) is 0.329. The number of hydrogen-bond donors (Lipinski definition) is 3. The Morgan fingerprint density at radius 3 is 1.53 bits per heavy atom. The fraction of sp³-hybridized carbons (Fsp3) is 0.143. The third kappa shape index (κ3) is 7450. The van der Waals surface area contributed by atoms with Crippen LogP contribution in [0.2, 0.25) is 0 Å². The molecule has 0 aliphatic heterocycles. The second-order valence-electron chi connectivity index (χ2n) is 1.27. The van der Waals surface area contributed by atoms with Gasteiger partial charge < -0.3 is 16.7 Å². The Morgan fingerprint density at radius 2 is 1.53 bits per heavy atom. The molecule has 0 aromatic heterocycles. The molecular formula is C7H15N3O5. The van der Waals surface area contributed by atoms with Crippen LogP contribution in [-0.4, -0.2) is 23.1 Å². The molecule has 0 saturated carbocycles. The molecule has 88 valence electrons. The van der Waals surface area contributed by atoms with E-state index in [4.69, 9.17) is 24.9 Å². The van der Waals surface area contributed by atoms with Crippen LogP contribution < -0.4 is 11.5 Å². The molecule has 0 heterocycles. The van der Waals surface area contributed by atoms with Crippen molar-refractivity contribution in [2.24, 2.45) is 11.5 Å². The van der Waals surface area contributed by atoms with Gasteiger partial charge in [-0.1, -0.05) is 24.8 Å². The van der Waals surface area contributed by atoms with Gasteiger partial charge in [-0.3, -0.25) is 9.59 Å². The fourth-order valence-corrected chi connectivity index (χ4v) is 0.136. The van der Waals surface area contributed by atoms with E-state index in [1.807, 2.05) is 19.1 Å². The van der Waals surface area contributed by atoms with Gasteiger partial charge in [-0.15, -0.1) is 10.1 Å². The molecule has 0 aliphatic rings. The minimum absolute atomic E-state index is 0.250. The summed E-state index contributed by atoms with van der Waals surface area (Å²) in [6, 6.07) is 0. The van der Waals surface area contributed by atoms with Gasteiger partial charge in [-0.25, -0.2) is 0 Å². The first-order valence-corrected chi connectivity index (χ1v) is 3.36. The summed E-state index contributed by atoms with van der Waals surface area (Å²) >= 11 is 0. The van der Waals surface area contributed by atoms with E-state index in [1.165, 1.54) is 0 Å². The Bertz CT molecular complexity index is 171. The lowest BCUT2D eigenvalue weighted by Gasteiger charge is -1.56. The number of carbonyl (C=O) groups is 2. The van der Waals surface area contributed by atoms with Crippen molar-refractivity contribution in [3.8, 4) is 0 Å². The Labute approximate surface area is 87.0 Å². The van der Waals surface area contributed by atoms with Crippen molar-refractivity contribution < 1.29 is 19.9 Å². The predicted octanol–water partition coefficient (Wildman–Crippen LogP) is -0.396. The van der Waals surface area contributed by atoms with Crippen molar-refractivity contribution in [3.63, 3.8) is 0 Å². The molecular weight excluding hydrogens is 206 g/mol. The zero-order valence-electron chi connectivity index (χ0n) is 8.28. The molecule has 5 N–H and O–H groups in total. The van der Waals surface area contributed by atoms with Gasteiger partial charge in [0, 0.05) is 0 Å². The molecule has 0 unspecified atom stereocenters. The number of allylic oxidation sites excluding steroid dienone is 3. The minimum Gasteiger partial charge on any atom is -0.372 e. The molecule has 0 saturated heterocycles. The molecule has 8 nitrogen and oxygen atoms in total. The first-order valence-electron chi connectivity index (χ1n) is 3.36. The van der Waals surface area contributed by atoms with E-state index in [0.717, 1.165) is 0 Å². The summed E-state index contributed by atoms with van der Waals surface area (Å²) < 4.78 is 0. The second kappa shape index (κ2) is 41.5. The maximum absolute atomic E-state index is 8.58. The zero-order valence-corrected chi connectivity index (χ0v) is 8.28. The quantitative estimate of drug-likeness (QED) is 0.238. The lowest BCUT2D eigenvalue weighted by molar-refractivity contribution is -0.742. The molecule has 0 aromatic rings. The maximum Gasteiger partial charge on any atom is 0.291 e. The molecule has 15 heavy (non-hydrogen) atoms. The van der Waals surface area contributed by atoms with Crippen molar-refractivity contribution in [2.75, 3.05) is 0 Å². The monoisotopic (exact) mass is 221 g/mol. The summed E-state index contributed by atoms with van der Waals surface area (Å²) in [6.45, 7) is 5.42. The SMILES string of the molecule is C=CC=CC.NC=O.NC=O.O=[N+]([O-])O. The molecule has 0 rings (SSSR count). The van der Waals surface area contributed by atoms with Crippen LogP contribution in [0.15, 0.2) is 24.8 Å². The van der Waals surface area contributed by atoms with Crippen molar-refractivity contribution in [2.45, 2.75) is 6.92 Å². The van der Waals surface area contributed by atoms with Gasteiger partial charge >= 0.3 is 0 Å². The van der Waals surface area contributed by atoms with Crippen LogP contribution in [0.4, 0.5) is 0 Å². The Kier molecular flexibility index (Phi) is 63.4. The maximum atomic E-state index is 8.58. The van der Waals surface area contributed by atoms with Gasteiger partial charge in [0.15, 0.2) is 0 Å². The molecule has 0 bridgehead atoms. The van der Waals surface area contributed by atoms with Crippen LogP contribution >= 0.6 is 0 Å². The van der Waals surface area contributed by atoms with E-state index in [9.17, 15) is 0 Å². The first-order chi connectivity index (χ1) is 6.97. The van der Waals surface area contributed by atoms with E-state index in [2.05, 4.69) is 18.0 Å². The smallest absolute Gasteiger partial charge is 0.291 e. The highest BCUT2D eigenvalue weighted by atomic mass is 16.9. The molecule has 0 aliphatic carbocycles. The van der Waals surface area contributed by atoms with E-state index in [0.29, 0.717) is 0 Å². The van der Waals surface area contributed by atoms with Crippen LogP contribution in [0.1, 0.15) is 6.92 Å². The largest absolute Gasteiger partial charge is 0.372 e. The third-order valence-electron chi connectivity index (χ3n) is 0.329. The minimum atomic E-state index is -1.50. The Balaban J connectivity index is -0.0000000553. The standard InChI is InChI=1S/C5H8.2CH3NO.HNO3/c1-3-5-4-2;2*2-1-3;2-1(3)4/h3-5H,1H2,2H3;2*1H,(H2,2,3);(H,2,3,4). The molecule has 0 spiro atoms. The number of primary amides is 2. The van der Waals surface area contributed by atoms with Crippen LogP contribution in [0.5, 0.6) is 0 Å². The Hall–Kier alpha value is -2.38. The first kappa shape index (κ1) is 22.9. The highest BCUT2D eigenvalue weighted by Crippen LogP contribution is 1.64. The second-order valence-corrected chi connectivity index (χ2v) is 1.27. The molecule has 0 fully saturated rings. The van der Waals surface area contributed by atoms with Gasteiger partial charge in [0.1, 0.15) is 0 Å². The van der Waals surface area contributed by atoms with Crippen LogP contribution in [0, 0.1) is 10.1 Å². The number of nitrogens with zero attached hydrogens (tertiary/aromatic N) is 1. The number of rotatable bonds is 1. The predicted molar refractivity (Wildman–Crippen MR) is 54.3 cm³/mol. The van der Waals surface area contributed by atoms with E-state index >= 15 is 0 Å². The van der Waals surface area contributed by atoms with Crippen molar-refractivity contribution in [3.05, 3.63) is 34.9 Å². The summed E-state index contributed by atoms with van der Waals surface area (Å²) in [5.41, 5.74) is 8.33. The summed E-state index contributed by atoms with van der Waals surface area (Å²) in [4.78, 5) is 25.5. The summed E-state index contributed by atoms with van der Waals surface area (Å²) in [6.07, 6.45) is 6.08. The average Bonchev–Trinajstić information content (AvgIpc) is 2.07. The van der Waals surface area contributed by atoms with Gasteiger partial charge in [0.05, 0.1) is 0 Å². The normalized spacial score (nSPS) is 6.20. The lowest BCUT2D eigenvalue weighted by atomic mass is 10.5. The number of amides is 2. The van der Waals surface area contributed by atoms with Crippen molar-refractivity contribution >= 4 is 12.8 Å². The number of carbonyl (C=O) groups excluding carboxylic acids is 2.